The summed E-state index contributed by atoms with van der Waals surface area (Å²) in [5.41, 5.74) is 2.45. The van der Waals surface area contributed by atoms with Gasteiger partial charge in [-0.25, -0.2) is 9.07 Å². The van der Waals surface area contributed by atoms with Crippen molar-refractivity contribution in [3.63, 3.8) is 0 Å². The first-order chi connectivity index (χ1) is 10.9. The van der Waals surface area contributed by atoms with E-state index in [1.54, 1.807) is 30.7 Å². The highest BCUT2D eigenvalue weighted by molar-refractivity contribution is 5.96. The summed E-state index contributed by atoms with van der Waals surface area (Å²) in [6.45, 7) is 5.74. The summed E-state index contributed by atoms with van der Waals surface area (Å²) < 4.78 is 14.7. The van der Waals surface area contributed by atoms with E-state index in [0.29, 0.717) is 29.1 Å². The van der Waals surface area contributed by atoms with E-state index in [0.717, 1.165) is 6.42 Å². The predicted molar refractivity (Wildman–Crippen MR) is 86.2 cm³/mol. The zero-order valence-corrected chi connectivity index (χ0v) is 13.6. The van der Waals surface area contributed by atoms with Crippen molar-refractivity contribution >= 4 is 5.91 Å². The molecule has 6 heteroatoms. The molecule has 1 amide bonds. The Hall–Kier alpha value is -2.21. The Balaban J connectivity index is 2.20. The lowest BCUT2D eigenvalue weighted by molar-refractivity contribution is 0.0909. The molecule has 0 radical (unpaired) electrons. The quantitative estimate of drug-likeness (QED) is 0.860. The van der Waals surface area contributed by atoms with Gasteiger partial charge < -0.3 is 10.4 Å². The molecular formula is C17H22FN3O2. The van der Waals surface area contributed by atoms with Crippen LogP contribution in [0.4, 0.5) is 4.39 Å². The Labute approximate surface area is 135 Å². The number of rotatable bonds is 6. The van der Waals surface area contributed by atoms with Crippen LogP contribution in [0.3, 0.4) is 0 Å². The van der Waals surface area contributed by atoms with E-state index in [4.69, 9.17) is 0 Å². The number of amides is 1. The molecule has 1 aromatic heterocycles. The van der Waals surface area contributed by atoms with Crippen LogP contribution in [0.25, 0.3) is 5.69 Å². The normalized spacial score (nSPS) is 12.2. The van der Waals surface area contributed by atoms with E-state index in [2.05, 4.69) is 10.4 Å². The van der Waals surface area contributed by atoms with Gasteiger partial charge in [-0.05, 0) is 44.5 Å². The number of carbonyl (C=O) groups excluding carboxylic acids is 1. The average Bonchev–Trinajstić information content (AvgIpc) is 2.81. The molecule has 1 unspecified atom stereocenters. The number of hydrogen-bond acceptors (Lipinski definition) is 3. The maximum Gasteiger partial charge on any atom is 0.255 e. The third-order valence-corrected chi connectivity index (χ3v) is 3.71. The fourth-order valence-electron chi connectivity index (χ4n) is 2.54. The zero-order chi connectivity index (χ0) is 17.0. The van der Waals surface area contributed by atoms with E-state index in [1.165, 1.54) is 12.1 Å². The maximum absolute atomic E-state index is 13.0. The summed E-state index contributed by atoms with van der Waals surface area (Å²) in [6, 6.07) is 5.93. The van der Waals surface area contributed by atoms with Gasteiger partial charge in [-0.3, -0.25) is 4.79 Å². The van der Waals surface area contributed by atoms with E-state index >= 15 is 0 Å². The molecule has 0 saturated carbocycles. The number of aryl methyl sites for hydroxylation is 1. The molecule has 5 nitrogen and oxygen atoms in total. The van der Waals surface area contributed by atoms with Crippen molar-refractivity contribution in [2.24, 2.45) is 0 Å². The number of benzene rings is 1. The standard InChI is InChI=1S/C17H22FN3O2/c1-4-5-15(22)10-19-17(23)16-11(2)20-21(12(16)3)14-8-6-13(18)7-9-14/h6-9,15,22H,4-5,10H2,1-3H3,(H,19,23). The molecule has 0 spiro atoms. The minimum Gasteiger partial charge on any atom is -0.391 e. The van der Waals surface area contributed by atoms with Gasteiger partial charge in [0.15, 0.2) is 0 Å². The number of carbonyl (C=O) groups is 1. The first-order valence-electron chi connectivity index (χ1n) is 7.72. The van der Waals surface area contributed by atoms with Crippen LogP contribution in [0.15, 0.2) is 24.3 Å². The van der Waals surface area contributed by atoms with Crippen LogP contribution in [-0.4, -0.2) is 33.4 Å². The average molecular weight is 319 g/mol. The molecule has 0 fully saturated rings. The Morgan fingerprint density at radius 2 is 2.00 bits per heavy atom. The van der Waals surface area contributed by atoms with Gasteiger partial charge in [-0.15, -0.1) is 0 Å². The van der Waals surface area contributed by atoms with E-state index in [1.807, 2.05) is 6.92 Å². The number of aliphatic hydroxyl groups excluding tert-OH is 1. The van der Waals surface area contributed by atoms with E-state index in [-0.39, 0.29) is 18.3 Å². The van der Waals surface area contributed by atoms with Crippen molar-refractivity contribution in [2.75, 3.05) is 6.54 Å². The monoisotopic (exact) mass is 319 g/mol. The van der Waals surface area contributed by atoms with Gasteiger partial charge in [-0.2, -0.15) is 5.10 Å². The number of nitrogens with one attached hydrogen (secondary N) is 1. The van der Waals surface area contributed by atoms with Crippen LogP contribution in [0.2, 0.25) is 0 Å². The van der Waals surface area contributed by atoms with E-state index in [9.17, 15) is 14.3 Å². The molecule has 2 rings (SSSR count). The van der Waals surface area contributed by atoms with Crippen molar-refractivity contribution in [1.29, 1.82) is 0 Å². The molecule has 1 aromatic carbocycles. The SMILES string of the molecule is CCCC(O)CNC(=O)c1c(C)nn(-c2ccc(F)cc2)c1C. The van der Waals surface area contributed by atoms with Crippen molar-refractivity contribution in [3.05, 3.63) is 47.0 Å². The second kappa shape index (κ2) is 7.37. The lowest BCUT2D eigenvalue weighted by atomic mass is 10.1. The Morgan fingerprint density at radius 1 is 1.35 bits per heavy atom. The van der Waals surface area contributed by atoms with Crippen LogP contribution >= 0.6 is 0 Å². The largest absolute Gasteiger partial charge is 0.391 e. The minimum atomic E-state index is -0.545. The molecule has 1 atom stereocenters. The van der Waals surface area contributed by atoms with Crippen LogP contribution in [-0.2, 0) is 0 Å². The highest BCUT2D eigenvalue weighted by Gasteiger charge is 2.19. The summed E-state index contributed by atoms with van der Waals surface area (Å²) >= 11 is 0. The molecule has 23 heavy (non-hydrogen) atoms. The maximum atomic E-state index is 13.0. The molecule has 124 valence electrons. The molecule has 0 saturated heterocycles. The van der Waals surface area contributed by atoms with Gasteiger partial charge in [0.1, 0.15) is 5.82 Å². The zero-order valence-electron chi connectivity index (χ0n) is 13.6. The van der Waals surface area contributed by atoms with E-state index < -0.39 is 6.10 Å². The number of aliphatic hydroxyl groups is 1. The third-order valence-electron chi connectivity index (χ3n) is 3.71. The molecule has 2 aromatic rings. The van der Waals surface area contributed by atoms with Gasteiger partial charge in [0.05, 0.1) is 28.7 Å². The number of aromatic nitrogens is 2. The molecule has 0 aliphatic rings. The van der Waals surface area contributed by atoms with Gasteiger partial charge in [0, 0.05) is 6.54 Å². The summed E-state index contributed by atoms with van der Waals surface area (Å²) in [5.74, 6) is -0.582. The van der Waals surface area contributed by atoms with Crippen LogP contribution in [0.5, 0.6) is 0 Å². The Bertz CT molecular complexity index is 680. The van der Waals surface area contributed by atoms with Crippen LogP contribution < -0.4 is 5.32 Å². The Kier molecular flexibility index (Phi) is 5.50. The fraction of sp³-hybridized carbons (Fsp3) is 0.412. The van der Waals surface area contributed by atoms with Gasteiger partial charge >= 0.3 is 0 Å². The highest BCUT2D eigenvalue weighted by atomic mass is 19.1. The van der Waals surface area contributed by atoms with Gasteiger partial charge in [0.25, 0.3) is 5.91 Å². The summed E-state index contributed by atoms with van der Waals surface area (Å²) in [5, 5.41) is 16.8. The second-order valence-corrected chi connectivity index (χ2v) is 5.59. The lowest BCUT2D eigenvalue weighted by Crippen LogP contribution is -2.32. The van der Waals surface area contributed by atoms with Crippen LogP contribution in [0, 0.1) is 19.7 Å². The first kappa shape index (κ1) is 17.1. The topological polar surface area (TPSA) is 67.2 Å². The first-order valence-corrected chi connectivity index (χ1v) is 7.72. The predicted octanol–water partition coefficient (Wildman–Crippen LogP) is 2.52. The molecule has 0 bridgehead atoms. The number of hydrogen-bond donors (Lipinski definition) is 2. The fourth-order valence-corrected chi connectivity index (χ4v) is 2.54. The lowest BCUT2D eigenvalue weighted by Gasteiger charge is -2.11. The highest BCUT2D eigenvalue weighted by Crippen LogP contribution is 2.18. The summed E-state index contributed by atoms with van der Waals surface area (Å²) in [7, 11) is 0. The summed E-state index contributed by atoms with van der Waals surface area (Å²) in [4.78, 5) is 12.4. The number of halogens is 1. The van der Waals surface area contributed by atoms with Crippen LogP contribution in [0.1, 0.15) is 41.5 Å². The third kappa shape index (κ3) is 3.96. The van der Waals surface area contributed by atoms with Gasteiger partial charge in [0.2, 0.25) is 0 Å². The Morgan fingerprint density at radius 3 is 2.61 bits per heavy atom. The molecule has 1 heterocycles. The summed E-state index contributed by atoms with van der Waals surface area (Å²) in [6.07, 6.45) is 0.960. The smallest absolute Gasteiger partial charge is 0.255 e. The van der Waals surface area contributed by atoms with Crippen molar-refractivity contribution in [2.45, 2.75) is 39.7 Å². The number of nitrogens with zero attached hydrogens (tertiary/aromatic N) is 2. The molecule has 0 aliphatic carbocycles. The minimum absolute atomic E-state index is 0.216. The van der Waals surface area contributed by atoms with Crippen molar-refractivity contribution < 1.29 is 14.3 Å². The molecule has 0 aliphatic heterocycles. The van der Waals surface area contributed by atoms with Crippen molar-refractivity contribution in [3.8, 4) is 5.69 Å². The van der Waals surface area contributed by atoms with Crippen molar-refractivity contribution in [1.82, 2.24) is 15.1 Å². The molecule has 2 N–H and O–H groups in total. The van der Waals surface area contributed by atoms with Gasteiger partial charge in [-0.1, -0.05) is 13.3 Å². The second-order valence-electron chi connectivity index (χ2n) is 5.59. The molecular weight excluding hydrogens is 297 g/mol.